The smallest absolute Gasteiger partial charge is 0.262 e. The van der Waals surface area contributed by atoms with E-state index in [0.717, 1.165) is 5.56 Å². The number of aryl methyl sites for hydroxylation is 2. The molecule has 0 saturated carbocycles. The quantitative estimate of drug-likeness (QED) is 0.656. The number of nitrogens with zero attached hydrogens (tertiary/aromatic N) is 3. The second-order valence-corrected chi connectivity index (χ2v) is 9.66. The summed E-state index contributed by atoms with van der Waals surface area (Å²) in [6.45, 7) is 3.33. The topological polar surface area (TPSA) is 67.2 Å². The van der Waals surface area contributed by atoms with Crippen molar-refractivity contribution < 1.29 is 12.8 Å². The summed E-state index contributed by atoms with van der Waals surface area (Å²) in [7, 11) is -1.96. The molecule has 2 atom stereocenters. The molecule has 0 amide bonds. The zero-order chi connectivity index (χ0) is 21.3. The number of nitrogens with one attached hydrogen (secondary N) is 1. The van der Waals surface area contributed by atoms with Gasteiger partial charge in [0.2, 0.25) is 0 Å². The lowest BCUT2D eigenvalue weighted by Crippen LogP contribution is -2.36. The molecule has 1 aliphatic rings. The van der Waals surface area contributed by atoms with E-state index in [-0.39, 0.29) is 22.8 Å². The fourth-order valence-corrected chi connectivity index (χ4v) is 5.38. The molecule has 1 aliphatic heterocycles. The first-order valence-corrected chi connectivity index (χ1v) is 11.3. The molecule has 0 unspecified atom stereocenters. The lowest BCUT2D eigenvalue weighted by Gasteiger charge is -2.21. The van der Waals surface area contributed by atoms with Crippen molar-refractivity contribution >= 4 is 10.0 Å². The lowest BCUT2D eigenvalue weighted by atomic mass is 9.94. The molecule has 8 heteroatoms. The maximum atomic E-state index is 13.4. The Morgan fingerprint density at radius 1 is 1.13 bits per heavy atom. The molecule has 2 heterocycles. The molecule has 0 bridgehead atoms. The first-order chi connectivity index (χ1) is 14.3. The highest BCUT2D eigenvalue weighted by molar-refractivity contribution is 7.89. The Labute approximate surface area is 176 Å². The van der Waals surface area contributed by atoms with E-state index in [1.54, 1.807) is 23.7 Å². The number of benzene rings is 2. The first kappa shape index (κ1) is 20.7. The Balaban J connectivity index is 1.60. The Bertz CT molecular complexity index is 1130. The fraction of sp³-hybridized carbons (Fsp3) is 0.318. The number of halogens is 1. The Kier molecular flexibility index (Phi) is 5.73. The van der Waals surface area contributed by atoms with E-state index in [9.17, 15) is 12.8 Å². The van der Waals surface area contributed by atoms with Crippen LogP contribution in [0.1, 0.15) is 22.6 Å². The average Bonchev–Trinajstić information content (AvgIpc) is 3.35. The molecule has 0 radical (unpaired) electrons. The zero-order valence-corrected chi connectivity index (χ0v) is 17.8. The summed E-state index contributed by atoms with van der Waals surface area (Å²) in [6.07, 6.45) is 2.99. The maximum absolute atomic E-state index is 13.4. The molecule has 0 spiro atoms. The molecule has 1 fully saturated rings. The number of sulfonamides is 1. The summed E-state index contributed by atoms with van der Waals surface area (Å²) in [6, 6.07) is 14.3. The van der Waals surface area contributed by atoms with Crippen LogP contribution < -0.4 is 5.32 Å². The molecule has 0 aliphatic carbocycles. The molecular formula is C22H25FN4O2S. The van der Waals surface area contributed by atoms with Gasteiger partial charge in [-0.05, 0) is 35.7 Å². The van der Waals surface area contributed by atoms with Crippen LogP contribution in [0.4, 0.5) is 4.39 Å². The van der Waals surface area contributed by atoms with E-state index < -0.39 is 10.0 Å². The minimum Gasteiger partial charge on any atom is -0.339 e. The highest BCUT2D eigenvalue weighted by Gasteiger charge is 2.40. The Hall–Kier alpha value is -2.55. The van der Waals surface area contributed by atoms with Crippen molar-refractivity contribution in [3.05, 3.63) is 83.6 Å². The predicted molar refractivity (Wildman–Crippen MR) is 113 cm³/mol. The van der Waals surface area contributed by atoms with Crippen molar-refractivity contribution in [1.29, 1.82) is 0 Å². The summed E-state index contributed by atoms with van der Waals surface area (Å²) >= 11 is 0. The highest BCUT2D eigenvalue weighted by Crippen LogP contribution is 2.31. The predicted octanol–water partition coefficient (Wildman–Crippen LogP) is 2.81. The van der Waals surface area contributed by atoms with Gasteiger partial charge < -0.3 is 9.88 Å². The molecule has 6 nitrogen and oxygen atoms in total. The van der Waals surface area contributed by atoms with Gasteiger partial charge in [-0.1, -0.05) is 36.4 Å². The van der Waals surface area contributed by atoms with Crippen molar-refractivity contribution in [2.75, 3.05) is 13.1 Å². The van der Waals surface area contributed by atoms with Gasteiger partial charge in [-0.25, -0.2) is 17.8 Å². The molecular weight excluding hydrogens is 403 g/mol. The average molecular weight is 429 g/mol. The van der Waals surface area contributed by atoms with Crippen molar-refractivity contribution in [3.8, 4) is 0 Å². The molecule has 1 N–H and O–H groups in total. The van der Waals surface area contributed by atoms with E-state index in [1.165, 1.54) is 40.1 Å². The standard InChI is InChI=1S/C22H25FN4O2S/c1-16-5-3-4-6-18(16)11-24-21-13-27(30(28,29)22-14-26(2)15-25-22)12-20(21)17-7-9-19(23)10-8-17/h3-10,14-15,20-21,24H,11-13H2,1-2H3/t20-,21+/m0/s1. The van der Waals surface area contributed by atoms with Gasteiger partial charge in [0.05, 0.1) is 6.33 Å². The van der Waals surface area contributed by atoms with Gasteiger partial charge in [0.15, 0.2) is 5.03 Å². The van der Waals surface area contributed by atoms with E-state index in [1.807, 2.05) is 12.1 Å². The summed E-state index contributed by atoms with van der Waals surface area (Å²) in [5, 5.41) is 3.58. The van der Waals surface area contributed by atoms with Crippen LogP contribution in [0.2, 0.25) is 0 Å². The number of rotatable bonds is 6. The van der Waals surface area contributed by atoms with Crippen molar-refractivity contribution in [1.82, 2.24) is 19.2 Å². The molecule has 4 rings (SSSR count). The van der Waals surface area contributed by atoms with Gasteiger partial charge in [-0.3, -0.25) is 0 Å². The largest absolute Gasteiger partial charge is 0.339 e. The third kappa shape index (κ3) is 4.16. The fourth-order valence-electron chi connectivity index (χ4n) is 3.92. The van der Waals surface area contributed by atoms with E-state index in [4.69, 9.17) is 0 Å². The van der Waals surface area contributed by atoms with Crippen LogP contribution in [0.5, 0.6) is 0 Å². The van der Waals surface area contributed by atoms with E-state index in [2.05, 4.69) is 29.4 Å². The van der Waals surface area contributed by atoms with Gasteiger partial charge in [-0.2, -0.15) is 4.31 Å². The van der Waals surface area contributed by atoms with Crippen LogP contribution in [0.15, 0.2) is 66.1 Å². The van der Waals surface area contributed by atoms with Gasteiger partial charge in [-0.15, -0.1) is 0 Å². The molecule has 1 saturated heterocycles. The molecule has 2 aromatic carbocycles. The van der Waals surface area contributed by atoms with Crippen molar-refractivity contribution in [3.63, 3.8) is 0 Å². The first-order valence-electron chi connectivity index (χ1n) is 9.86. The normalized spacial score (nSPS) is 20.0. The summed E-state index contributed by atoms with van der Waals surface area (Å²) in [5.41, 5.74) is 3.26. The number of imidazole rings is 1. The summed E-state index contributed by atoms with van der Waals surface area (Å²) < 4.78 is 42.8. The van der Waals surface area contributed by atoms with Crippen LogP contribution in [-0.2, 0) is 23.6 Å². The SMILES string of the molecule is Cc1ccccc1CN[C@@H]1CN(S(=O)(=O)c2cn(C)cn2)C[C@H]1c1ccc(F)cc1. The maximum Gasteiger partial charge on any atom is 0.262 e. The second-order valence-electron chi connectivity index (χ2n) is 7.77. The van der Waals surface area contributed by atoms with Crippen LogP contribution in [0.3, 0.4) is 0 Å². The Morgan fingerprint density at radius 3 is 2.53 bits per heavy atom. The zero-order valence-electron chi connectivity index (χ0n) is 17.0. The van der Waals surface area contributed by atoms with E-state index in [0.29, 0.717) is 19.6 Å². The number of aromatic nitrogens is 2. The van der Waals surface area contributed by atoms with Crippen molar-refractivity contribution in [2.45, 2.75) is 30.5 Å². The lowest BCUT2D eigenvalue weighted by molar-refractivity contribution is 0.454. The third-order valence-electron chi connectivity index (χ3n) is 5.69. The Morgan fingerprint density at radius 2 is 1.87 bits per heavy atom. The summed E-state index contributed by atoms with van der Waals surface area (Å²) in [4.78, 5) is 4.03. The highest BCUT2D eigenvalue weighted by atomic mass is 32.2. The minimum atomic E-state index is -3.70. The number of hydrogen-bond donors (Lipinski definition) is 1. The minimum absolute atomic E-state index is 0.0439. The summed E-state index contributed by atoms with van der Waals surface area (Å²) in [5.74, 6) is -0.396. The molecule has 1 aromatic heterocycles. The number of hydrogen-bond acceptors (Lipinski definition) is 4. The molecule has 158 valence electrons. The van der Waals surface area contributed by atoms with Gasteiger partial charge in [0.25, 0.3) is 10.0 Å². The van der Waals surface area contributed by atoms with Crippen LogP contribution >= 0.6 is 0 Å². The molecule has 3 aromatic rings. The van der Waals surface area contributed by atoms with Gasteiger partial charge >= 0.3 is 0 Å². The van der Waals surface area contributed by atoms with Crippen molar-refractivity contribution in [2.24, 2.45) is 7.05 Å². The second kappa shape index (κ2) is 8.29. The van der Waals surface area contributed by atoms with Crippen LogP contribution in [-0.4, -0.2) is 41.4 Å². The van der Waals surface area contributed by atoms with Crippen LogP contribution in [0, 0.1) is 12.7 Å². The van der Waals surface area contributed by atoms with E-state index >= 15 is 0 Å². The molecule has 30 heavy (non-hydrogen) atoms. The van der Waals surface area contributed by atoms with Gasteiger partial charge in [0, 0.05) is 44.8 Å². The van der Waals surface area contributed by atoms with Crippen LogP contribution in [0.25, 0.3) is 0 Å². The monoisotopic (exact) mass is 428 g/mol. The van der Waals surface area contributed by atoms with Gasteiger partial charge in [0.1, 0.15) is 5.82 Å². The third-order valence-corrected chi connectivity index (χ3v) is 7.40.